The molecule has 0 aliphatic carbocycles. The van der Waals surface area contributed by atoms with Crippen molar-refractivity contribution in [3.8, 4) is 0 Å². The van der Waals surface area contributed by atoms with Gasteiger partial charge in [0.25, 0.3) is 0 Å². The SMILES string of the molecule is CC(C)(C)C(C)(C)C(=O)O.CC(C)(O)C(C)(C)C(=O)O.CC1(C)OC1(C)C.[C-]#[O+]. The quantitative estimate of drug-likeness (QED) is 0.350. The van der Waals surface area contributed by atoms with E-state index in [2.05, 4.69) is 34.3 Å². The molecule has 0 spiro atoms. The number of carbonyl (C=O) groups is 2. The minimum absolute atomic E-state index is 0.146. The molecule has 1 saturated heterocycles. The molecule has 7 heteroatoms. The number of carboxylic acid groups (broad SMARTS) is 2. The third-order valence-electron chi connectivity index (χ3n) is 6.39. The molecule has 0 aromatic carbocycles. The van der Waals surface area contributed by atoms with Crippen molar-refractivity contribution in [1.29, 1.82) is 0 Å². The number of hydrogen-bond acceptors (Lipinski definition) is 4. The summed E-state index contributed by atoms with van der Waals surface area (Å²) >= 11 is 0. The summed E-state index contributed by atoms with van der Waals surface area (Å²) in [7, 11) is 0. The molecule has 0 aromatic heterocycles. The zero-order chi connectivity index (χ0) is 24.9. The molecule has 1 aliphatic heterocycles. The molecule has 3 N–H and O–H groups in total. The second-order valence-corrected chi connectivity index (χ2v) is 10.8. The van der Waals surface area contributed by atoms with Crippen molar-refractivity contribution in [3.63, 3.8) is 0 Å². The van der Waals surface area contributed by atoms with Crippen molar-refractivity contribution >= 4 is 11.9 Å². The van der Waals surface area contributed by atoms with E-state index < -0.39 is 28.4 Å². The van der Waals surface area contributed by atoms with Crippen LogP contribution in [-0.2, 0) is 19.0 Å². The Balaban J connectivity index is -0.000000339. The topological polar surface area (TPSA) is 127 Å². The van der Waals surface area contributed by atoms with Crippen molar-refractivity contribution in [2.75, 3.05) is 0 Å². The van der Waals surface area contributed by atoms with E-state index in [1.165, 1.54) is 27.7 Å². The Kier molecular flexibility index (Phi) is 11.2. The Hall–Kier alpha value is -1.40. The summed E-state index contributed by atoms with van der Waals surface area (Å²) in [5.74, 6) is -1.72. The van der Waals surface area contributed by atoms with Crippen LogP contribution in [0.15, 0.2) is 0 Å². The monoisotopic (exact) mass is 418 g/mol. The fourth-order valence-electron chi connectivity index (χ4n) is 1.19. The molecule has 0 radical (unpaired) electrons. The number of aliphatic hydroxyl groups is 1. The van der Waals surface area contributed by atoms with Crippen LogP contribution in [0.4, 0.5) is 0 Å². The van der Waals surface area contributed by atoms with Gasteiger partial charge in [-0.15, -0.1) is 0 Å². The van der Waals surface area contributed by atoms with E-state index in [0.717, 1.165) is 0 Å². The maximum atomic E-state index is 10.7. The Morgan fingerprint density at radius 3 is 0.931 bits per heavy atom. The average molecular weight is 419 g/mol. The molecular weight excluding hydrogens is 376 g/mol. The molecule has 1 heterocycles. The van der Waals surface area contributed by atoms with E-state index in [9.17, 15) is 14.7 Å². The van der Waals surface area contributed by atoms with Crippen LogP contribution in [0.1, 0.15) is 90.0 Å². The summed E-state index contributed by atoms with van der Waals surface area (Å²) in [5, 5.41) is 26.7. The van der Waals surface area contributed by atoms with Gasteiger partial charge >= 0.3 is 23.2 Å². The summed E-state index contributed by atoms with van der Waals surface area (Å²) in [5.41, 5.74) is -2.81. The van der Waals surface area contributed by atoms with Gasteiger partial charge in [0.05, 0.1) is 27.6 Å². The Morgan fingerprint density at radius 1 is 0.724 bits per heavy atom. The van der Waals surface area contributed by atoms with Gasteiger partial charge in [0.1, 0.15) is 0 Å². The molecular formula is C22H42O7. The van der Waals surface area contributed by atoms with Crippen LogP contribution < -0.4 is 0 Å². The maximum absolute atomic E-state index is 10.7. The van der Waals surface area contributed by atoms with Gasteiger partial charge in [0.2, 0.25) is 0 Å². The third kappa shape index (κ3) is 9.30. The molecule has 1 fully saturated rings. The van der Waals surface area contributed by atoms with Gasteiger partial charge in [0, 0.05) is 0 Å². The zero-order valence-electron chi connectivity index (χ0n) is 20.5. The van der Waals surface area contributed by atoms with Gasteiger partial charge in [-0.25, -0.2) is 0 Å². The van der Waals surface area contributed by atoms with Gasteiger partial charge in [0.15, 0.2) is 0 Å². The van der Waals surface area contributed by atoms with Crippen molar-refractivity contribution in [2.24, 2.45) is 16.2 Å². The van der Waals surface area contributed by atoms with E-state index >= 15 is 0 Å². The van der Waals surface area contributed by atoms with E-state index in [1.54, 1.807) is 13.8 Å². The standard InChI is InChI=1S/C8H16O2.C7H14O3.C6H12O.CO/c1-7(2,3)8(4,5)6(9)10;1-6(2,5(8)9)7(3,4)10;1-5(2)6(3,4)7-5;1-2/h1-5H3,(H,9,10);10H,1-4H3,(H,8,9);1-4H3;. The Labute approximate surface area is 176 Å². The first-order valence-corrected chi connectivity index (χ1v) is 9.44. The molecule has 0 amide bonds. The number of hydrogen-bond donors (Lipinski definition) is 3. The summed E-state index contributed by atoms with van der Waals surface area (Å²) in [6.07, 6.45) is 0. The average Bonchev–Trinajstić information content (AvgIpc) is 2.94. The van der Waals surface area contributed by atoms with Crippen LogP contribution in [0.25, 0.3) is 0 Å². The molecule has 7 nitrogen and oxygen atoms in total. The molecule has 0 atom stereocenters. The molecule has 0 saturated carbocycles. The minimum atomic E-state index is -1.18. The normalized spacial score (nSPS) is 17.1. The predicted molar refractivity (Wildman–Crippen MR) is 112 cm³/mol. The molecule has 172 valence electrons. The number of carboxylic acids is 2. The molecule has 0 unspecified atom stereocenters. The molecule has 0 aromatic rings. The van der Waals surface area contributed by atoms with Gasteiger partial charge in [-0.2, -0.15) is 0 Å². The summed E-state index contributed by atoms with van der Waals surface area (Å²) in [6.45, 7) is 28.2. The first kappa shape index (κ1) is 32.3. The van der Waals surface area contributed by atoms with Crippen LogP contribution in [0, 0.1) is 22.9 Å². The number of epoxide rings is 1. The third-order valence-corrected chi connectivity index (χ3v) is 6.39. The fourth-order valence-corrected chi connectivity index (χ4v) is 1.19. The van der Waals surface area contributed by atoms with Crippen molar-refractivity contribution in [3.05, 3.63) is 6.65 Å². The van der Waals surface area contributed by atoms with Gasteiger partial charge in [-0.1, -0.05) is 20.8 Å². The molecule has 0 bridgehead atoms. The summed E-state index contributed by atoms with van der Waals surface area (Å²) in [6, 6.07) is 0. The van der Waals surface area contributed by atoms with Crippen LogP contribution in [0.5, 0.6) is 0 Å². The Bertz CT molecular complexity index is 520. The van der Waals surface area contributed by atoms with Gasteiger partial charge in [-0.05, 0) is 74.7 Å². The van der Waals surface area contributed by atoms with E-state index in [-0.39, 0.29) is 16.6 Å². The van der Waals surface area contributed by atoms with E-state index in [1.807, 2.05) is 20.8 Å². The van der Waals surface area contributed by atoms with Crippen molar-refractivity contribution < 1.29 is 34.3 Å². The van der Waals surface area contributed by atoms with E-state index in [4.69, 9.17) is 19.6 Å². The number of ether oxygens (including phenoxy) is 1. The van der Waals surface area contributed by atoms with Crippen LogP contribution in [0.3, 0.4) is 0 Å². The molecule has 29 heavy (non-hydrogen) atoms. The molecule has 1 rings (SSSR count). The zero-order valence-corrected chi connectivity index (χ0v) is 20.5. The van der Waals surface area contributed by atoms with Crippen molar-refractivity contribution in [1.82, 2.24) is 0 Å². The summed E-state index contributed by atoms with van der Waals surface area (Å²) in [4.78, 5) is 21.2. The first-order chi connectivity index (χ1) is 12.3. The van der Waals surface area contributed by atoms with Gasteiger partial charge in [-0.3, -0.25) is 9.59 Å². The summed E-state index contributed by atoms with van der Waals surface area (Å²) < 4.78 is 12.8. The van der Waals surface area contributed by atoms with Crippen LogP contribution in [0.2, 0.25) is 0 Å². The number of aliphatic carboxylic acids is 2. The van der Waals surface area contributed by atoms with Crippen LogP contribution in [-0.4, -0.2) is 44.1 Å². The van der Waals surface area contributed by atoms with Crippen molar-refractivity contribution in [2.45, 2.75) is 107 Å². The second kappa shape index (κ2) is 10.1. The molecule has 1 aliphatic rings. The predicted octanol–water partition coefficient (Wildman–Crippen LogP) is 4.55. The second-order valence-electron chi connectivity index (χ2n) is 10.8. The van der Waals surface area contributed by atoms with Crippen LogP contribution >= 0.6 is 0 Å². The van der Waals surface area contributed by atoms with Gasteiger partial charge < -0.3 is 20.1 Å². The van der Waals surface area contributed by atoms with E-state index in [0.29, 0.717) is 0 Å². The Morgan fingerprint density at radius 2 is 0.931 bits per heavy atom. The number of rotatable bonds is 3. The first-order valence-electron chi connectivity index (χ1n) is 9.44. The fraction of sp³-hybridized carbons (Fsp3) is 0.864.